The van der Waals surface area contributed by atoms with Crippen LogP contribution in [0.25, 0.3) is 0 Å². The fourth-order valence-corrected chi connectivity index (χ4v) is 2.49. The van der Waals surface area contributed by atoms with Crippen molar-refractivity contribution in [3.63, 3.8) is 0 Å². The summed E-state index contributed by atoms with van der Waals surface area (Å²) in [7, 11) is 0. The molecule has 2 heterocycles. The Balaban J connectivity index is 1.66. The van der Waals surface area contributed by atoms with Crippen LogP contribution in [0.15, 0.2) is 28.7 Å². The number of aromatic nitrogens is 2. The number of rotatable bonds is 4. The number of benzene rings is 1. The van der Waals surface area contributed by atoms with E-state index in [2.05, 4.69) is 10.2 Å². The molecular weight excluding hydrogens is 298 g/mol. The summed E-state index contributed by atoms with van der Waals surface area (Å²) in [5.41, 5.74) is 1.08. The zero-order valence-electron chi connectivity index (χ0n) is 13.2. The first-order chi connectivity index (χ1) is 11.1. The monoisotopic (exact) mass is 317 g/mol. The van der Waals surface area contributed by atoms with Crippen molar-refractivity contribution in [3.05, 3.63) is 41.6 Å². The molecule has 122 valence electrons. The molecule has 1 amide bonds. The third-order valence-corrected chi connectivity index (χ3v) is 3.63. The van der Waals surface area contributed by atoms with Crippen molar-refractivity contribution in [1.82, 2.24) is 15.1 Å². The Labute approximate surface area is 134 Å². The summed E-state index contributed by atoms with van der Waals surface area (Å²) in [5.74, 6) is 1.41. The highest BCUT2D eigenvalue weighted by Gasteiger charge is 2.32. The molecule has 0 aliphatic carbocycles. The van der Waals surface area contributed by atoms with Gasteiger partial charge in [0.15, 0.2) is 6.61 Å². The van der Waals surface area contributed by atoms with Gasteiger partial charge >= 0.3 is 0 Å². The van der Waals surface area contributed by atoms with Crippen LogP contribution in [0.2, 0.25) is 0 Å². The molecule has 1 saturated heterocycles. The van der Waals surface area contributed by atoms with Gasteiger partial charge in [-0.25, -0.2) is 0 Å². The number of aryl methyl sites for hydroxylation is 2. The molecule has 23 heavy (non-hydrogen) atoms. The second kappa shape index (κ2) is 6.78. The molecule has 7 heteroatoms. The van der Waals surface area contributed by atoms with E-state index in [1.54, 1.807) is 11.8 Å². The lowest BCUT2D eigenvalue weighted by Crippen LogP contribution is -2.45. The third-order valence-electron chi connectivity index (χ3n) is 3.63. The van der Waals surface area contributed by atoms with Gasteiger partial charge in [-0.1, -0.05) is 12.1 Å². The molecule has 0 radical (unpaired) electrons. The third kappa shape index (κ3) is 3.68. The quantitative estimate of drug-likeness (QED) is 0.853. The summed E-state index contributed by atoms with van der Waals surface area (Å²) in [5, 5.41) is 7.82. The fraction of sp³-hybridized carbons (Fsp3) is 0.438. The van der Waals surface area contributed by atoms with Crippen LogP contribution in [0.3, 0.4) is 0 Å². The molecule has 0 bridgehead atoms. The Morgan fingerprint density at radius 3 is 3.00 bits per heavy atom. The topological polar surface area (TPSA) is 77.7 Å². The number of morpholine rings is 1. The van der Waals surface area contributed by atoms with Gasteiger partial charge in [-0.2, -0.15) is 0 Å². The number of nitrogens with zero attached hydrogens (tertiary/aromatic N) is 3. The number of amides is 1. The number of hydrogen-bond acceptors (Lipinski definition) is 6. The van der Waals surface area contributed by atoms with E-state index in [0.717, 1.165) is 5.56 Å². The standard InChI is InChI=1S/C16H19N3O4/c1-11-4-3-5-13(8-11)22-10-15(20)19-6-7-21-9-14(19)16-18-17-12(2)23-16/h3-5,8,14H,6-7,9-10H2,1-2H3. The Hall–Kier alpha value is -2.41. The molecule has 0 saturated carbocycles. The molecular formula is C16H19N3O4. The van der Waals surface area contributed by atoms with E-state index in [1.807, 2.05) is 31.2 Å². The molecule has 1 unspecified atom stereocenters. The number of carbonyl (C=O) groups excluding carboxylic acids is 1. The summed E-state index contributed by atoms with van der Waals surface area (Å²) in [6.07, 6.45) is 0. The average Bonchev–Trinajstić information content (AvgIpc) is 2.99. The smallest absolute Gasteiger partial charge is 0.261 e. The highest BCUT2D eigenvalue weighted by molar-refractivity contribution is 5.78. The Kier molecular flexibility index (Phi) is 4.57. The first kappa shape index (κ1) is 15.5. The van der Waals surface area contributed by atoms with Gasteiger partial charge in [0.05, 0.1) is 13.2 Å². The predicted molar refractivity (Wildman–Crippen MR) is 81.0 cm³/mol. The summed E-state index contributed by atoms with van der Waals surface area (Å²) in [6.45, 7) is 4.96. The summed E-state index contributed by atoms with van der Waals surface area (Å²) in [4.78, 5) is 14.2. The molecule has 1 atom stereocenters. The van der Waals surface area contributed by atoms with E-state index in [0.29, 0.717) is 37.3 Å². The normalized spacial score (nSPS) is 18.0. The predicted octanol–water partition coefficient (Wildman–Crippen LogP) is 1.67. The van der Waals surface area contributed by atoms with Gasteiger partial charge in [-0.15, -0.1) is 10.2 Å². The molecule has 1 fully saturated rings. The van der Waals surface area contributed by atoms with Gasteiger partial charge in [0.25, 0.3) is 5.91 Å². The molecule has 1 aromatic heterocycles. The van der Waals surface area contributed by atoms with Crippen molar-refractivity contribution in [3.8, 4) is 5.75 Å². The Bertz CT molecular complexity index is 685. The lowest BCUT2D eigenvalue weighted by atomic mass is 10.2. The van der Waals surface area contributed by atoms with Crippen molar-refractivity contribution in [1.29, 1.82) is 0 Å². The molecule has 3 rings (SSSR count). The summed E-state index contributed by atoms with van der Waals surface area (Å²) in [6, 6.07) is 7.24. The SMILES string of the molecule is Cc1cccc(OCC(=O)N2CCOCC2c2nnc(C)o2)c1. The minimum atomic E-state index is -0.362. The highest BCUT2D eigenvalue weighted by atomic mass is 16.5. The second-order valence-corrected chi connectivity index (χ2v) is 5.44. The van der Waals surface area contributed by atoms with E-state index in [-0.39, 0.29) is 18.6 Å². The van der Waals surface area contributed by atoms with Crippen molar-refractivity contribution in [2.75, 3.05) is 26.4 Å². The lowest BCUT2D eigenvalue weighted by molar-refractivity contribution is -0.143. The molecule has 0 spiro atoms. The molecule has 1 aromatic carbocycles. The van der Waals surface area contributed by atoms with Gasteiger partial charge in [0.1, 0.15) is 11.8 Å². The lowest BCUT2D eigenvalue weighted by Gasteiger charge is -2.33. The van der Waals surface area contributed by atoms with Gasteiger partial charge < -0.3 is 18.8 Å². The van der Waals surface area contributed by atoms with Crippen LogP contribution in [-0.2, 0) is 9.53 Å². The maximum atomic E-state index is 12.5. The largest absolute Gasteiger partial charge is 0.484 e. The first-order valence-electron chi connectivity index (χ1n) is 7.50. The van der Waals surface area contributed by atoms with Gasteiger partial charge in [0.2, 0.25) is 11.8 Å². The van der Waals surface area contributed by atoms with Crippen LogP contribution in [-0.4, -0.2) is 47.4 Å². The number of ether oxygens (including phenoxy) is 2. The highest BCUT2D eigenvalue weighted by Crippen LogP contribution is 2.23. The fourth-order valence-electron chi connectivity index (χ4n) is 2.49. The van der Waals surface area contributed by atoms with Crippen LogP contribution in [0.1, 0.15) is 23.4 Å². The minimum absolute atomic E-state index is 0.0347. The van der Waals surface area contributed by atoms with E-state index < -0.39 is 0 Å². The van der Waals surface area contributed by atoms with Gasteiger partial charge in [-0.3, -0.25) is 4.79 Å². The first-order valence-corrected chi connectivity index (χ1v) is 7.50. The van der Waals surface area contributed by atoms with Crippen molar-refractivity contribution >= 4 is 5.91 Å². The maximum Gasteiger partial charge on any atom is 0.261 e. The van der Waals surface area contributed by atoms with Crippen LogP contribution >= 0.6 is 0 Å². The van der Waals surface area contributed by atoms with Crippen LogP contribution in [0, 0.1) is 13.8 Å². The van der Waals surface area contributed by atoms with Crippen LogP contribution in [0.5, 0.6) is 5.75 Å². The van der Waals surface area contributed by atoms with Gasteiger partial charge in [-0.05, 0) is 24.6 Å². The van der Waals surface area contributed by atoms with Crippen LogP contribution in [0.4, 0.5) is 0 Å². The van der Waals surface area contributed by atoms with E-state index in [4.69, 9.17) is 13.9 Å². The minimum Gasteiger partial charge on any atom is -0.484 e. The van der Waals surface area contributed by atoms with E-state index >= 15 is 0 Å². The maximum absolute atomic E-state index is 12.5. The van der Waals surface area contributed by atoms with Gasteiger partial charge in [0, 0.05) is 13.5 Å². The van der Waals surface area contributed by atoms with E-state index in [9.17, 15) is 4.79 Å². The molecule has 2 aromatic rings. The molecule has 1 aliphatic heterocycles. The molecule has 7 nitrogen and oxygen atoms in total. The summed E-state index contributed by atoms with van der Waals surface area (Å²) >= 11 is 0. The zero-order valence-corrected chi connectivity index (χ0v) is 13.2. The summed E-state index contributed by atoms with van der Waals surface area (Å²) < 4.78 is 16.5. The zero-order chi connectivity index (χ0) is 16.2. The average molecular weight is 317 g/mol. The number of hydrogen-bond donors (Lipinski definition) is 0. The van der Waals surface area contributed by atoms with Crippen molar-refractivity contribution in [2.24, 2.45) is 0 Å². The molecule has 1 aliphatic rings. The van der Waals surface area contributed by atoms with Crippen molar-refractivity contribution in [2.45, 2.75) is 19.9 Å². The number of carbonyl (C=O) groups is 1. The Morgan fingerprint density at radius 2 is 2.26 bits per heavy atom. The molecule has 0 N–H and O–H groups in total. The Morgan fingerprint density at radius 1 is 1.39 bits per heavy atom. The van der Waals surface area contributed by atoms with Crippen LogP contribution < -0.4 is 4.74 Å². The van der Waals surface area contributed by atoms with E-state index in [1.165, 1.54) is 0 Å². The second-order valence-electron chi connectivity index (χ2n) is 5.44. The van der Waals surface area contributed by atoms with Crippen molar-refractivity contribution < 1.29 is 18.7 Å².